The molecular weight excluding hydrogens is 263 g/mol. The minimum Gasteiger partial charge on any atom is -0.126 e. The van der Waals surface area contributed by atoms with Crippen molar-refractivity contribution in [1.82, 2.24) is 0 Å². The van der Waals surface area contributed by atoms with Crippen LogP contribution in [0.25, 0.3) is 0 Å². The van der Waals surface area contributed by atoms with Gasteiger partial charge in [0.25, 0.3) is 0 Å². The van der Waals surface area contributed by atoms with E-state index < -0.39 is 0 Å². The third-order valence-electron chi connectivity index (χ3n) is 3.41. The molecule has 1 unspecified atom stereocenters. The van der Waals surface area contributed by atoms with Gasteiger partial charge in [-0.3, -0.25) is 0 Å². The molecule has 1 aromatic rings. The molecule has 0 saturated carbocycles. The molecule has 0 bridgehead atoms. The van der Waals surface area contributed by atoms with Crippen LogP contribution in [0, 0.1) is 0 Å². The highest BCUT2D eigenvalue weighted by molar-refractivity contribution is 6.30. The molecule has 0 aliphatic carbocycles. The van der Waals surface area contributed by atoms with Crippen molar-refractivity contribution in [1.29, 1.82) is 0 Å². The summed E-state index contributed by atoms with van der Waals surface area (Å²) in [5.41, 5.74) is 1.28. The lowest BCUT2D eigenvalue weighted by Crippen LogP contribution is -2.00. The first kappa shape index (κ1) is 15.9. The van der Waals surface area contributed by atoms with Crippen LogP contribution in [-0.4, -0.2) is 5.88 Å². The lowest BCUT2D eigenvalue weighted by atomic mass is 9.94. The largest absolute Gasteiger partial charge is 0.126 e. The minimum atomic E-state index is 0.455. The van der Waals surface area contributed by atoms with E-state index in [4.69, 9.17) is 23.2 Å². The molecule has 0 N–H and O–H groups in total. The third-order valence-corrected chi connectivity index (χ3v) is 4.02. The van der Waals surface area contributed by atoms with E-state index in [0.717, 1.165) is 5.02 Å². The Balaban J connectivity index is 2.29. The molecule has 0 nitrogen and oxygen atoms in total. The van der Waals surface area contributed by atoms with Crippen molar-refractivity contribution in [3.63, 3.8) is 0 Å². The molecule has 0 aliphatic rings. The Labute approximate surface area is 122 Å². The highest BCUT2D eigenvalue weighted by atomic mass is 35.5. The molecule has 0 fully saturated rings. The van der Waals surface area contributed by atoms with E-state index in [2.05, 4.69) is 13.0 Å². The Kier molecular flexibility index (Phi) is 8.54. The number of hydrogen-bond acceptors (Lipinski definition) is 0. The molecule has 1 atom stereocenters. The number of halogens is 2. The maximum absolute atomic E-state index is 6.07. The SMILES string of the molecule is CCCCCCCCC(CCl)c1cccc(Cl)c1. The average Bonchev–Trinajstić information content (AvgIpc) is 2.38. The van der Waals surface area contributed by atoms with Crippen molar-refractivity contribution in [3.05, 3.63) is 34.9 Å². The Hall–Kier alpha value is -0.200. The summed E-state index contributed by atoms with van der Waals surface area (Å²) in [6.45, 7) is 2.25. The summed E-state index contributed by atoms with van der Waals surface area (Å²) < 4.78 is 0. The molecule has 2 heteroatoms. The summed E-state index contributed by atoms with van der Waals surface area (Å²) in [6.07, 6.45) is 9.19. The molecule has 18 heavy (non-hydrogen) atoms. The average molecular weight is 287 g/mol. The predicted molar refractivity (Wildman–Crippen MR) is 82.9 cm³/mol. The van der Waals surface area contributed by atoms with Crippen LogP contribution >= 0.6 is 23.2 Å². The van der Waals surface area contributed by atoms with Gasteiger partial charge >= 0.3 is 0 Å². The molecule has 102 valence electrons. The van der Waals surface area contributed by atoms with Gasteiger partial charge in [-0.05, 0) is 30.0 Å². The second kappa shape index (κ2) is 9.69. The molecule has 0 aromatic heterocycles. The zero-order valence-electron chi connectivity index (χ0n) is 11.3. The maximum Gasteiger partial charge on any atom is 0.0408 e. The Morgan fingerprint density at radius 1 is 1.06 bits per heavy atom. The van der Waals surface area contributed by atoms with Gasteiger partial charge in [-0.15, -0.1) is 11.6 Å². The Morgan fingerprint density at radius 2 is 1.78 bits per heavy atom. The molecule has 1 aromatic carbocycles. The third kappa shape index (κ3) is 6.11. The number of benzene rings is 1. The zero-order chi connectivity index (χ0) is 13.2. The summed E-state index contributed by atoms with van der Waals surface area (Å²) in [5, 5.41) is 0.811. The van der Waals surface area contributed by atoms with Crippen LogP contribution in [0.15, 0.2) is 24.3 Å². The van der Waals surface area contributed by atoms with Crippen LogP contribution in [-0.2, 0) is 0 Å². The zero-order valence-corrected chi connectivity index (χ0v) is 12.8. The summed E-state index contributed by atoms with van der Waals surface area (Å²) in [7, 11) is 0. The van der Waals surface area contributed by atoms with Crippen molar-refractivity contribution in [2.45, 2.75) is 57.8 Å². The van der Waals surface area contributed by atoms with Gasteiger partial charge in [0.15, 0.2) is 0 Å². The standard InChI is InChI=1S/C16H24Cl2/c1-2-3-4-5-6-7-9-15(13-17)14-10-8-11-16(18)12-14/h8,10-12,15H,2-7,9,13H2,1H3. The van der Waals surface area contributed by atoms with Crippen molar-refractivity contribution in [3.8, 4) is 0 Å². The van der Waals surface area contributed by atoms with Crippen LogP contribution in [0.3, 0.4) is 0 Å². The van der Waals surface area contributed by atoms with Gasteiger partial charge in [-0.25, -0.2) is 0 Å². The van der Waals surface area contributed by atoms with Gasteiger partial charge in [0.05, 0.1) is 0 Å². The molecule has 0 heterocycles. The molecular formula is C16H24Cl2. The first-order valence-corrected chi connectivity index (χ1v) is 8.00. The molecule has 0 radical (unpaired) electrons. The molecule has 0 amide bonds. The number of alkyl halides is 1. The molecule has 0 saturated heterocycles. The smallest absolute Gasteiger partial charge is 0.0408 e. The van der Waals surface area contributed by atoms with Crippen LogP contribution in [0.2, 0.25) is 5.02 Å². The Bertz CT molecular complexity index is 323. The lowest BCUT2D eigenvalue weighted by Gasteiger charge is -2.14. The summed E-state index contributed by atoms with van der Waals surface area (Å²) >= 11 is 12.1. The van der Waals surface area contributed by atoms with E-state index in [-0.39, 0.29) is 0 Å². The fourth-order valence-corrected chi connectivity index (χ4v) is 2.80. The second-order valence-corrected chi connectivity index (χ2v) is 5.71. The highest BCUT2D eigenvalue weighted by Gasteiger charge is 2.10. The fraction of sp³-hybridized carbons (Fsp3) is 0.625. The predicted octanol–water partition coefficient (Wildman–Crippen LogP) is 6.41. The van der Waals surface area contributed by atoms with Crippen molar-refractivity contribution in [2.24, 2.45) is 0 Å². The first-order chi connectivity index (χ1) is 8.77. The molecule has 0 aliphatic heterocycles. The van der Waals surface area contributed by atoms with Gasteiger partial charge in [0.1, 0.15) is 0 Å². The van der Waals surface area contributed by atoms with Gasteiger partial charge in [-0.2, -0.15) is 0 Å². The van der Waals surface area contributed by atoms with Gasteiger partial charge < -0.3 is 0 Å². The summed E-state index contributed by atoms with van der Waals surface area (Å²) in [5.74, 6) is 1.14. The van der Waals surface area contributed by atoms with E-state index in [1.165, 1.54) is 50.5 Å². The Morgan fingerprint density at radius 3 is 2.44 bits per heavy atom. The van der Waals surface area contributed by atoms with Crippen LogP contribution in [0.4, 0.5) is 0 Å². The topological polar surface area (TPSA) is 0 Å². The van der Waals surface area contributed by atoms with Gasteiger partial charge in [0, 0.05) is 10.9 Å². The van der Waals surface area contributed by atoms with Crippen LogP contribution in [0.5, 0.6) is 0 Å². The minimum absolute atomic E-state index is 0.455. The van der Waals surface area contributed by atoms with E-state index in [9.17, 15) is 0 Å². The van der Waals surface area contributed by atoms with Gasteiger partial charge in [-0.1, -0.05) is 69.2 Å². The lowest BCUT2D eigenvalue weighted by molar-refractivity contribution is 0.559. The van der Waals surface area contributed by atoms with E-state index >= 15 is 0 Å². The molecule has 1 rings (SSSR count). The van der Waals surface area contributed by atoms with Crippen molar-refractivity contribution < 1.29 is 0 Å². The fourth-order valence-electron chi connectivity index (χ4n) is 2.26. The maximum atomic E-state index is 6.07. The van der Waals surface area contributed by atoms with Crippen molar-refractivity contribution >= 4 is 23.2 Å². The second-order valence-electron chi connectivity index (χ2n) is 4.96. The number of unbranched alkanes of at least 4 members (excludes halogenated alkanes) is 5. The van der Waals surface area contributed by atoms with E-state index in [0.29, 0.717) is 11.8 Å². The number of hydrogen-bond donors (Lipinski definition) is 0. The summed E-state index contributed by atoms with van der Waals surface area (Å²) in [4.78, 5) is 0. The summed E-state index contributed by atoms with van der Waals surface area (Å²) in [6, 6.07) is 8.11. The first-order valence-electron chi connectivity index (χ1n) is 7.09. The van der Waals surface area contributed by atoms with Gasteiger partial charge in [0.2, 0.25) is 0 Å². The normalized spacial score (nSPS) is 12.6. The van der Waals surface area contributed by atoms with Crippen molar-refractivity contribution in [2.75, 3.05) is 5.88 Å². The highest BCUT2D eigenvalue weighted by Crippen LogP contribution is 2.26. The van der Waals surface area contributed by atoms with E-state index in [1.54, 1.807) is 0 Å². The monoisotopic (exact) mass is 286 g/mol. The quantitative estimate of drug-likeness (QED) is 0.363. The number of rotatable bonds is 9. The van der Waals surface area contributed by atoms with Crippen LogP contribution < -0.4 is 0 Å². The van der Waals surface area contributed by atoms with E-state index in [1.807, 2.05) is 18.2 Å². The molecule has 0 spiro atoms. The van der Waals surface area contributed by atoms with Crippen LogP contribution in [0.1, 0.15) is 63.4 Å².